The van der Waals surface area contributed by atoms with Gasteiger partial charge in [0.05, 0.1) is 12.8 Å². The van der Waals surface area contributed by atoms with Gasteiger partial charge in [-0.1, -0.05) is 0 Å². The first-order chi connectivity index (χ1) is 13.6. The summed E-state index contributed by atoms with van der Waals surface area (Å²) in [7, 11) is -2.04. The Balaban J connectivity index is 2.05. The molecule has 0 aliphatic heterocycles. The Morgan fingerprint density at radius 2 is 1.66 bits per heavy atom. The molecule has 9 nitrogen and oxygen atoms in total. The van der Waals surface area contributed by atoms with Crippen molar-refractivity contribution in [2.24, 2.45) is 0 Å². The minimum atomic E-state index is -3.40. The second-order valence-corrected chi connectivity index (χ2v) is 8.69. The van der Waals surface area contributed by atoms with E-state index < -0.39 is 15.9 Å². The number of nitrogens with zero attached hydrogens (tertiary/aromatic N) is 4. The highest BCUT2D eigenvalue weighted by Crippen LogP contribution is 2.21. The average molecular weight is 421 g/mol. The summed E-state index contributed by atoms with van der Waals surface area (Å²) in [5.74, 6) is 1.82. The molecule has 0 bridgehead atoms. The molecule has 2 rings (SSSR count). The van der Waals surface area contributed by atoms with E-state index in [0.717, 1.165) is 35.2 Å². The molecular formula is C19H28N6O3S. The van der Waals surface area contributed by atoms with E-state index in [1.165, 1.54) is 7.05 Å². The largest absolute Gasteiger partial charge is 0.357 e. The van der Waals surface area contributed by atoms with E-state index in [2.05, 4.69) is 39.3 Å². The maximum atomic E-state index is 12.0. The third-order valence-electron chi connectivity index (χ3n) is 4.29. The standard InChI is InChI=1S/C19H28N6O3S/c1-6-25(7-2)18-12-17(20-14(3)21-18)22-15-8-10-16(11-9-15)23-19(26)13-24(4)29(5,27)28/h8-12H,6-7,13H2,1-5H3,(H,23,26)(H,20,21,22). The SMILES string of the molecule is CCN(CC)c1cc(Nc2ccc(NC(=O)CN(C)S(C)(=O)=O)cc2)nc(C)n1. The van der Waals surface area contributed by atoms with Crippen molar-refractivity contribution < 1.29 is 13.2 Å². The predicted molar refractivity (Wildman–Crippen MR) is 116 cm³/mol. The third-order valence-corrected chi connectivity index (χ3v) is 5.55. The van der Waals surface area contributed by atoms with Gasteiger partial charge in [-0.05, 0) is 45.0 Å². The molecule has 10 heteroatoms. The third kappa shape index (κ3) is 6.68. The average Bonchev–Trinajstić information content (AvgIpc) is 2.63. The topological polar surface area (TPSA) is 108 Å². The molecule has 0 aliphatic rings. The van der Waals surface area contributed by atoms with Crippen LogP contribution in [-0.2, 0) is 14.8 Å². The Morgan fingerprint density at radius 3 is 2.21 bits per heavy atom. The van der Waals surface area contributed by atoms with Gasteiger partial charge in [0.1, 0.15) is 17.5 Å². The second kappa shape index (κ2) is 9.66. The quantitative estimate of drug-likeness (QED) is 0.640. The number of carbonyl (C=O) groups excluding carboxylic acids is 1. The molecule has 0 radical (unpaired) electrons. The molecular weight excluding hydrogens is 392 g/mol. The van der Waals surface area contributed by atoms with Gasteiger partial charge in [0.25, 0.3) is 0 Å². The van der Waals surface area contributed by atoms with Crippen LogP contribution in [0.1, 0.15) is 19.7 Å². The number of benzene rings is 1. The van der Waals surface area contributed by atoms with Gasteiger partial charge in [-0.25, -0.2) is 18.4 Å². The molecule has 1 amide bonds. The molecule has 1 aromatic heterocycles. The Morgan fingerprint density at radius 1 is 1.07 bits per heavy atom. The van der Waals surface area contributed by atoms with Crippen LogP contribution < -0.4 is 15.5 Å². The number of amides is 1. The van der Waals surface area contributed by atoms with Crippen LogP contribution in [0.25, 0.3) is 0 Å². The summed E-state index contributed by atoms with van der Waals surface area (Å²) in [5, 5.41) is 5.92. The van der Waals surface area contributed by atoms with Gasteiger partial charge in [0.15, 0.2) is 0 Å². The molecule has 2 aromatic rings. The van der Waals surface area contributed by atoms with Gasteiger partial charge >= 0.3 is 0 Å². The molecule has 0 atom stereocenters. The Labute approximate surface area is 172 Å². The monoisotopic (exact) mass is 420 g/mol. The van der Waals surface area contributed by atoms with Gasteiger partial charge in [0.2, 0.25) is 15.9 Å². The normalized spacial score (nSPS) is 11.4. The van der Waals surface area contributed by atoms with Crippen molar-refractivity contribution >= 4 is 38.9 Å². The van der Waals surface area contributed by atoms with Crippen LogP contribution in [0, 0.1) is 6.92 Å². The van der Waals surface area contributed by atoms with Crippen LogP contribution in [0.2, 0.25) is 0 Å². The summed E-state index contributed by atoms with van der Waals surface area (Å²) in [6.07, 6.45) is 1.06. The van der Waals surface area contributed by atoms with E-state index in [1.807, 2.05) is 25.1 Å². The summed E-state index contributed by atoms with van der Waals surface area (Å²) in [6, 6.07) is 8.99. The number of aryl methyl sites for hydroxylation is 1. The smallest absolute Gasteiger partial charge is 0.239 e. The second-order valence-electron chi connectivity index (χ2n) is 6.60. The molecule has 0 saturated heterocycles. The molecule has 1 heterocycles. The molecule has 0 fully saturated rings. The summed E-state index contributed by atoms with van der Waals surface area (Å²) in [6.45, 7) is 7.48. The molecule has 29 heavy (non-hydrogen) atoms. The number of carbonyl (C=O) groups is 1. The number of hydrogen-bond acceptors (Lipinski definition) is 7. The highest BCUT2D eigenvalue weighted by atomic mass is 32.2. The number of aromatic nitrogens is 2. The van der Waals surface area contributed by atoms with E-state index in [4.69, 9.17) is 0 Å². The zero-order valence-electron chi connectivity index (χ0n) is 17.4. The number of rotatable bonds is 9. The summed E-state index contributed by atoms with van der Waals surface area (Å²) in [5.41, 5.74) is 1.38. The fraction of sp³-hybridized carbons (Fsp3) is 0.421. The van der Waals surface area contributed by atoms with Gasteiger partial charge in [-0.3, -0.25) is 4.79 Å². The fourth-order valence-corrected chi connectivity index (χ4v) is 2.98. The summed E-state index contributed by atoms with van der Waals surface area (Å²) < 4.78 is 23.8. The highest BCUT2D eigenvalue weighted by molar-refractivity contribution is 7.88. The van der Waals surface area contributed by atoms with Crippen LogP contribution in [0.4, 0.5) is 23.0 Å². The predicted octanol–water partition coefficient (Wildman–Crippen LogP) is 2.20. The van der Waals surface area contributed by atoms with Crippen LogP contribution in [0.3, 0.4) is 0 Å². The number of anilines is 4. The maximum Gasteiger partial charge on any atom is 0.239 e. The van der Waals surface area contributed by atoms with Gasteiger partial charge < -0.3 is 15.5 Å². The lowest BCUT2D eigenvalue weighted by atomic mass is 10.2. The van der Waals surface area contributed by atoms with Gasteiger partial charge in [-0.15, -0.1) is 0 Å². The van der Waals surface area contributed by atoms with Crippen molar-refractivity contribution in [2.75, 3.05) is 48.5 Å². The van der Waals surface area contributed by atoms with Crippen LogP contribution in [0.15, 0.2) is 30.3 Å². The molecule has 158 valence electrons. The fourth-order valence-electron chi connectivity index (χ4n) is 2.63. The lowest BCUT2D eigenvalue weighted by Crippen LogP contribution is -2.34. The zero-order valence-corrected chi connectivity index (χ0v) is 18.2. The Hall–Kier alpha value is -2.72. The molecule has 2 N–H and O–H groups in total. The summed E-state index contributed by atoms with van der Waals surface area (Å²) in [4.78, 5) is 23.0. The van der Waals surface area contributed by atoms with E-state index in [9.17, 15) is 13.2 Å². The van der Waals surface area contributed by atoms with Crippen molar-refractivity contribution in [3.8, 4) is 0 Å². The van der Waals surface area contributed by atoms with E-state index in [-0.39, 0.29) is 6.54 Å². The molecule has 1 aromatic carbocycles. The lowest BCUT2D eigenvalue weighted by Gasteiger charge is -2.20. The van der Waals surface area contributed by atoms with Gasteiger partial charge in [0, 0.05) is 37.6 Å². The number of sulfonamides is 1. The molecule has 0 unspecified atom stereocenters. The minimum Gasteiger partial charge on any atom is -0.357 e. The number of hydrogen-bond donors (Lipinski definition) is 2. The Kier molecular flexibility index (Phi) is 7.52. The Bertz CT molecular complexity index is 943. The minimum absolute atomic E-state index is 0.243. The molecule has 0 spiro atoms. The first-order valence-electron chi connectivity index (χ1n) is 9.31. The first-order valence-corrected chi connectivity index (χ1v) is 11.2. The first kappa shape index (κ1) is 22.6. The van der Waals surface area contributed by atoms with Crippen molar-refractivity contribution in [3.05, 3.63) is 36.2 Å². The van der Waals surface area contributed by atoms with Crippen molar-refractivity contribution in [2.45, 2.75) is 20.8 Å². The highest BCUT2D eigenvalue weighted by Gasteiger charge is 2.15. The van der Waals surface area contributed by atoms with E-state index in [1.54, 1.807) is 12.1 Å². The summed E-state index contributed by atoms with van der Waals surface area (Å²) >= 11 is 0. The number of likely N-dealkylation sites (N-methyl/N-ethyl adjacent to an activating group) is 1. The van der Waals surface area contributed by atoms with Crippen LogP contribution in [-0.4, -0.2) is 61.5 Å². The lowest BCUT2D eigenvalue weighted by molar-refractivity contribution is -0.116. The van der Waals surface area contributed by atoms with Crippen molar-refractivity contribution in [1.29, 1.82) is 0 Å². The van der Waals surface area contributed by atoms with Crippen LogP contribution >= 0.6 is 0 Å². The maximum absolute atomic E-state index is 12.0. The van der Waals surface area contributed by atoms with Crippen LogP contribution in [0.5, 0.6) is 0 Å². The number of nitrogens with one attached hydrogen (secondary N) is 2. The molecule has 0 aliphatic carbocycles. The zero-order chi connectivity index (χ0) is 21.6. The molecule has 0 saturated carbocycles. The van der Waals surface area contributed by atoms with Crippen molar-refractivity contribution in [3.63, 3.8) is 0 Å². The van der Waals surface area contributed by atoms with E-state index >= 15 is 0 Å². The van der Waals surface area contributed by atoms with Gasteiger partial charge in [-0.2, -0.15) is 4.31 Å². The van der Waals surface area contributed by atoms with E-state index in [0.29, 0.717) is 17.3 Å². The van der Waals surface area contributed by atoms with Crippen molar-refractivity contribution in [1.82, 2.24) is 14.3 Å².